The summed E-state index contributed by atoms with van der Waals surface area (Å²) in [5, 5.41) is 9.70. The van der Waals surface area contributed by atoms with Gasteiger partial charge in [-0.2, -0.15) is 0 Å². The molecule has 0 saturated heterocycles. The van der Waals surface area contributed by atoms with Crippen LogP contribution in [0.5, 0.6) is 0 Å². The molecule has 0 aliphatic heterocycles. The Hall–Kier alpha value is -8.14. The Morgan fingerprint density at radius 1 is 0.262 bits per heavy atom. The molecule has 3 nitrogen and oxygen atoms in total. The second-order valence-corrected chi connectivity index (χ2v) is 15.7. The van der Waals surface area contributed by atoms with E-state index in [0.717, 1.165) is 72.3 Å². The molecule has 0 spiro atoms. The Balaban J connectivity index is 1.02. The number of hydrogen-bond acceptors (Lipinski definition) is 3. The second kappa shape index (κ2) is 14.3. The zero-order valence-corrected chi connectivity index (χ0v) is 33.1. The van der Waals surface area contributed by atoms with E-state index < -0.39 is 0 Å². The van der Waals surface area contributed by atoms with Gasteiger partial charge in [0.25, 0.3) is 0 Å². The molecule has 0 amide bonds. The van der Waals surface area contributed by atoms with Crippen molar-refractivity contribution < 1.29 is 4.42 Å². The number of rotatable bonds is 6. The summed E-state index contributed by atoms with van der Waals surface area (Å²) in [6.45, 7) is 0. The van der Waals surface area contributed by atoms with Crippen LogP contribution in [0.1, 0.15) is 0 Å². The lowest BCUT2D eigenvalue weighted by Gasteiger charge is -2.15. The molecule has 0 bridgehead atoms. The number of benzene rings is 10. The Labute approximate surface area is 352 Å². The third-order valence-electron chi connectivity index (χ3n) is 12.0. The van der Waals surface area contributed by atoms with Gasteiger partial charge in [-0.15, -0.1) is 0 Å². The highest BCUT2D eigenvalue weighted by Crippen LogP contribution is 2.41. The van der Waals surface area contributed by atoms with Gasteiger partial charge in [-0.1, -0.05) is 170 Å². The summed E-state index contributed by atoms with van der Waals surface area (Å²) in [6.07, 6.45) is 0. The van der Waals surface area contributed by atoms with Crippen molar-refractivity contribution in [2.24, 2.45) is 0 Å². The molecule has 0 aliphatic carbocycles. The highest BCUT2D eigenvalue weighted by atomic mass is 16.3. The molecule has 3 heteroatoms. The average molecular weight is 777 g/mol. The number of hydrogen-bond donors (Lipinski definition) is 0. The number of aromatic nitrogens is 2. The van der Waals surface area contributed by atoms with Crippen molar-refractivity contribution in [3.05, 3.63) is 218 Å². The SMILES string of the molecule is c1ccc(-c2cc(-c3ccc4oc5ccccc5c4c3)cc(-c3cc(-c4ccc(-c5c6ccccc6cc6c5ccc5ccccc56)cc4)nc(-c4ccccc4)n3)c2)cc1. The molecule has 12 rings (SSSR count). The largest absolute Gasteiger partial charge is 0.456 e. The summed E-state index contributed by atoms with van der Waals surface area (Å²) < 4.78 is 6.21. The monoisotopic (exact) mass is 776 g/mol. The van der Waals surface area contributed by atoms with Crippen LogP contribution in [0.4, 0.5) is 0 Å². The van der Waals surface area contributed by atoms with E-state index in [-0.39, 0.29) is 0 Å². The maximum atomic E-state index is 6.21. The van der Waals surface area contributed by atoms with Crippen molar-refractivity contribution in [3.63, 3.8) is 0 Å². The number of para-hydroxylation sites is 1. The molecule has 10 aromatic carbocycles. The molecule has 2 heterocycles. The fraction of sp³-hybridized carbons (Fsp3) is 0. The molecule has 284 valence electrons. The molecule has 0 N–H and O–H groups in total. The van der Waals surface area contributed by atoms with Gasteiger partial charge in [0.05, 0.1) is 11.4 Å². The molecular formula is C58H36N2O. The lowest BCUT2D eigenvalue weighted by molar-refractivity contribution is 0.669. The quantitative estimate of drug-likeness (QED) is 0.125. The van der Waals surface area contributed by atoms with Crippen LogP contribution in [0.2, 0.25) is 0 Å². The van der Waals surface area contributed by atoms with Crippen LogP contribution in [0.15, 0.2) is 223 Å². The topological polar surface area (TPSA) is 38.9 Å². The van der Waals surface area contributed by atoms with E-state index in [4.69, 9.17) is 14.4 Å². The molecule has 0 atom stereocenters. The lowest BCUT2D eigenvalue weighted by Crippen LogP contribution is -1.96. The normalized spacial score (nSPS) is 11.6. The average Bonchev–Trinajstić information content (AvgIpc) is 3.72. The Bertz CT molecular complexity index is 3630. The minimum atomic E-state index is 0.682. The van der Waals surface area contributed by atoms with Crippen LogP contribution < -0.4 is 0 Å². The first-order valence-corrected chi connectivity index (χ1v) is 20.7. The van der Waals surface area contributed by atoms with Gasteiger partial charge in [-0.05, 0) is 114 Å². The van der Waals surface area contributed by atoms with Crippen molar-refractivity contribution in [3.8, 4) is 67.3 Å². The third kappa shape index (κ3) is 6.14. The van der Waals surface area contributed by atoms with Gasteiger partial charge < -0.3 is 4.42 Å². The fourth-order valence-electron chi connectivity index (χ4n) is 9.04. The first-order valence-electron chi connectivity index (χ1n) is 20.7. The molecule has 61 heavy (non-hydrogen) atoms. The van der Waals surface area contributed by atoms with Gasteiger partial charge in [0.15, 0.2) is 5.82 Å². The van der Waals surface area contributed by atoms with Crippen molar-refractivity contribution in [1.29, 1.82) is 0 Å². The summed E-state index contributed by atoms with van der Waals surface area (Å²) in [4.78, 5) is 10.5. The van der Waals surface area contributed by atoms with E-state index in [0.29, 0.717) is 5.82 Å². The summed E-state index contributed by atoms with van der Waals surface area (Å²) in [5.41, 5.74) is 13.4. The predicted octanol–water partition coefficient (Wildman–Crippen LogP) is 15.8. The van der Waals surface area contributed by atoms with Gasteiger partial charge in [0.1, 0.15) is 11.2 Å². The summed E-state index contributed by atoms with van der Waals surface area (Å²) in [6, 6.07) is 77.7. The Kier molecular flexibility index (Phi) is 8.17. The third-order valence-corrected chi connectivity index (χ3v) is 12.0. The Morgan fingerprint density at radius 2 is 0.836 bits per heavy atom. The number of nitrogens with zero attached hydrogens (tertiary/aromatic N) is 2. The molecule has 0 radical (unpaired) electrons. The van der Waals surface area contributed by atoms with Crippen LogP contribution in [-0.2, 0) is 0 Å². The first-order chi connectivity index (χ1) is 30.2. The predicted molar refractivity (Wildman–Crippen MR) is 254 cm³/mol. The van der Waals surface area contributed by atoms with Gasteiger partial charge >= 0.3 is 0 Å². The highest BCUT2D eigenvalue weighted by molar-refractivity contribution is 6.20. The van der Waals surface area contributed by atoms with Crippen LogP contribution in [0.25, 0.3) is 122 Å². The maximum Gasteiger partial charge on any atom is 0.160 e. The molecule has 0 saturated carbocycles. The van der Waals surface area contributed by atoms with E-state index in [1.807, 2.05) is 30.3 Å². The summed E-state index contributed by atoms with van der Waals surface area (Å²) in [5.74, 6) is 0.682. The zero-order valence-electron chi connectivity index (χ0n) is 33.1. The van der Waals surface area contributed by atoms with Crippen molar-refractivity contribution in [1.82, 2.24) is 9.97 Å². The van der Waals surface area contributed by atoms with Crippen molar-refractivity contribution in [2.75, 3.05) is 0 Å². The van der Waals surface area contributed by atoms with E-state index in [1.165, 1.54) is 43.4 Å². The molecular weight excluding hydrogens is 741 g/mol. The summed E-state index contributed by atoms with van der Waals surface area (Å²) >= 11 is 0. The maximum absolute atomic E-state index is 6.21. The minimum absolute atomic E-state index is 0.682. The van der Waals surface area contributed by atoms with Gasteiger partial charge in [-0.25, -0.2) is 9.97 Å². The fourth-order valence-corrected chi connectivity index (χ4v) is 9.04. The Morgan fingerprint density at radius 3 is 1.62 bits per heavy atom. The summed E-state index contributed by atoms with van der Waals surface area (Å²) in [7, 11) is 0. The number of furan rings is 1. The van der Waals surface area contributed by atoms with Crippen LogP contribution in [0, 0.1) is 0 Å². The molecule has 2 aromatic heterocycles. The van der Waals surface area contributed by atoms with E-state index in [9.17, 15) is 0 Å². The smallest absolute Gasteiger partial charge is 0.160 e. The molecule has 12 aromatic rings. The van der Waals surface area contributed by atoms with E-state index in [2.05, 4.69) is 188 Å². The van der Waals surface area contributed by atoms with Crippen molar-refractivity contribution >= 4 is 54.3 Å². The minimum Gasteiger partial charge on any atom is -0.456 e. The van der Waals surface area contributed by atoms with E-state index in [1.54, 1.807) is 0 Å². The second-order valence-electron chi connectivity index (χ2n) is 15.7. The highest BCUT2D eigenvalue weighted by Gasteiger charge is 2.17. The van der Waals surface area contributed by atoms with Gasteiger partial charge in [-0.3, -0.25) is 0 Å². The molecule has 0 unspecified atom stereocenters. The zero-order chi connectivity index (χ0) is 40.3. The lowest BCUT2D eigenvalue weighted by atomic mass is 9.89. The van der Waals surface area contributed by atoms with Crippen LogP contribution in [-0.4, -0.2) is 9.97 Å². The number of fused-ring (bicyclic) bond motifs is 7. The molecule has 0 fully saturated rings. The van der Waals surface area contributed by atoms with Crippen LogP contribution in [0.3, 0.4) is 0 Å². The standard InChI is InChI=1S/C58H36N2O/c1-3-13-37(14-4-1)44-31-45(42-28-30-56-52(34-42)49-21-11-12-22-55(49)61-56)33-46(32-44)54-36-53(59-58(60-54)41-16-5-2-6-17-41)39-23-25-40(26-24-39)57-48-20-10-8-18-43(48)35-51-47-19-9-7-15-38(47)27-29-50(51)57/h1-36H. The first kappa shape index (κ1) is 34.9. The van der Waals surface area contributed by atoms with Gasteiger partial charge in [0.2, 0.25) is 0 Å². The van der Waals surface area contributed by atoms with Crippen LogP contribution >= 0.6 is 0 Å². The molecule has 0 aliphatic rings. The van der Waals surface area contributed by atoms with E-state index >= 15 is 0 Å². The van der Waals surface area contributed by atoms with Gasteiger partial charge in [0, 0.05) is 27.5 Å². The van der Waals surface area contributed by atoms with Crippen molar-refractivity contribution in [2.45, 2.75) is 0 Å².